The van der Waals surface area contributed by atoms with Crippen molar-refractivity contribution in [3.63, 3.8) is 0 Å². The van der Waals surface area contributed by atoms with Gasteiger partial charge in [0.2, 0.25) is 0 Å². The van der Waals surface area contributed by atoms with Crippen LogP contribution in [0.1, 0.15) is 33.1 Å². The van der Waals surface area contributed by atoms with Crippen LogP contribution in [0.4, 0.5) is 0 Å². The molecule has 102 valence electrons. The van der Waals surface area contributed by atoms with Gasteiger partial charge in [0.05, 0.1) is 18.8 Å². The molecule has 0 spiro atoms. The quantitative estimate of drug-likeness (QED) is 0.733. The first-order valence-corrected chi connectivity index (χ1v) is 6.49. The molecule has 4 heteroatoms. The van der Waals surface area contributed by atoms with Crippen molar-refractivity contribution in [3.8, 4) is 0 Å². The van der Waals surface area contributed by atoms with Crippen LogP contribution >= 0.6 is 0 Å². The van der Waals surface area contributed by atoms with E-state index in [1.54, 1.807) is 14.2 Å². The lowest BCUT2D eigenvalue weighted by Crippen LogP contribution is -2.53. The van der Waals surface area contributed by atoms with Crippen molar-refractivity contribution in [3.05, 3.63) is 0 Å². The number of methoxy groups -OCH3 is 2. The second-order valence-electron chi connectivity index (χ2n) is 5.30. The van der Waals surface area contributed by atoms with Crippen LogP contribution in [0, 0.1) is 0 Å². The first-order valence-electron chi connectivity index (χ1n) is 6.49. The molecule has 1 fully saturated rings. The maximum absolute atomic E-state index is 10.4. The predicted octanol–water partition coefficient (Wildman–Crippen LogP) is 1.27. The molecule has 0 aromatic rings. The monoisotopic (exact) mass is 245 g/mol. The Morgan fingerprint density at radius 2 is 2.12 bits per heavy atom. The van der Waals surface area contributed by atoms with Crippen molar-refractivity contribution in [1.29, 1.82) is 0 Å². The second-order valence-corrected chi connectivity index (χ2v) is 5.30. The van der Waals surface area contributed by atoms with E-state index in [0.29, 0.717) is 19.3 Å². The van der Waals surface area contributed by atoms with Gasteiger partial charge in [-0.25, -0.2) is 0 Å². The zero-order chi connectivity index (χ0) is 12.9. The summed E-state index contributed by atoms with van der Waals surface area (Å²) >= 11 is 0. The lowest BCUT2D eigenvalue weighted by molar-refractivity contribution is -0.0450. The summed E-state index contributed by atoms with van der Waals surface area (Å²) in [4.78, 5) is 2.33. The van der Waals surface area contributed by atoms with Crippen molar-refractivity contribution >= 4 is 0 Å². The fourth-order valence-corrected chi connectivity index (χ4v) is 2.87. The van der Waals surface area contributed by atoms with Crippen LogP contribution in [0.5, 0.6) is 0 Å². The van der Waals surface area contributed by atoms with Gasteiger partial charge in [0, 0.05) is 32.8 Å². The number of rotatable bonds is 7. The summed E-state index contributed by atoms with van der Waals surface area (Å²) in [5.74, 6) is 0. The Kier molecular flexibility index (Phi) is 5.86. The molecule has 3 atom stereocenters. The number of ether oxygens (including phenoxy) is 2. The Balaban J connectivity index is 2.67. The van der Waals surface area contributed by atoms with Crippen molar-refractivity contribution in [2.75, 3.05) is 34.0 Å². The average molecular weight is 245 g/mol. The number of hydrogen-bond acceptors (Lipinski definition) is 4. The van der Waals surface area contributed by atoms with E-state index in [0.717, 1.165) is 25.8 Å². The summed E-state index contributed by atoms with van der Waals surface area (Å²) in [5, 5.41) is 10.4. The predicted molar refractivity (Wildman–Crippen MR) is 68.2 cm³/mol. The van der Waals surface area contributed by atoms with Gasteiger partial charge in [-0.2, -0.15) is 0 Å². The van der Waals surface area contributed by atoms with E-state index < -0.39 is 5.60 Å². The van der Waals surface area contributed by atoms with E-state index in [2.05, 4.69) is 11.8 Å². The molecule has 0 aromatic heterocycles. The van der Waals surface area contributed by atoms with Crippen molar-refractivity contribution in [2.24, 2.45) is 0 Å². The molecule has 3 unspecified atom stereocenters. The lowest BCUT2D eigenvalue weighted by Gasteiger charge is -2.40. The molecule has 0 bridgehead atoms. The van der Waals surface area contributed by atoms with Gasteiger partial charge in [-0.3, -0.25) is 4.90 Å². The summed E-state index contributed by atoms with van der Waals surface area (Å²) in [6.07, 6.45) is 3.05. The Morgan fingerprint density at radius 1 is 1.41 bits per heavy atom. The topological polar surface area (TPSA) is 41.9 Å². The molecular formula is C13H27NO3. The molecule has 0 heterocycles. The fourth-order valence-electron chi connectivity index (χ4n) is 2.87. The normalized spacial score (nSPS) is 31.1. The van der Waals surface area contributed by atoms with Gasteiger partial charge in [-0.15, -0.1) is 0 Å². The van der Waals surface area contributed by atoms with Gasteiger partial charge < -0.3 is 14.6 Å². The maximum Gasteiger partial charge on any atom is 0.0774 e. The Labute approximate surface area is 105 Å². The minimum absolute atomic E-state index is 0.225. The highest BCUT2D eigenvalue weighted by Crippen LogP contribution is 2.34. The van der Waals surface area contributed by atoms with Gasteiger partial charge in [0.15, 0.2) is 0 Å². The van der Waals surface area contributed by atoms with Crippen LogP contribution < -0.4 is 0 Å². The highest BCUT2D eigenvalue weighted by Gasteiger charge is 2.41. The molecule has 0 radical (unpaired) electrons. The van der Waals surface area contributed by atoms with Crippen LogP contribution in [0.2, 0.25) is 0 Å². The van der Waals surface area contributed by atoms with Crippen LogP contribution in [0.15, 0.2) is 0 Å². The van der Waals surface area contributed by atoms with Crippen molar-refractivity contribution in [1.82, 2.24) is 4.90 Å². The maximum atomic E-state index is 10.4. The number of aliphatic hydroxyl groups is 1. The summed E-state index contributed by atoms with van der Waals surface area (Å²) in [6, 6.07) is 0.535. The average Bonchev–Trinajstić information content (AvgIpc) is 2.60. The Morgan fingerprint density at radius 3 is 2.59 bits per heavy atom. The third kappa shape index (κ3) is 3.91. The van der Waals surface area contributed by atoms with E-state index in [1.807, 2.05) is 6.92 Å². The highest BCUT2D eigenvalue weighted by molar-refractivity contribution is 4.96. The third-order valence-corrected chi connectivity index (χ3v) is 3.81. The molecule has 0 aromatic carbocycles. The van der Waals surface area contributed by atoms with Gasteiger partial charge >= 0.3 is 0 Å². The van der Waals surface area contributed by atoms with Crippen molar-refractivity contribution in [2.45, 2.75) is 50.8 Å². The van der Waals surface area contributed by atoms with Gasteiger partial charge in [-0.05, 0) is 33.1 Å². The molecule has 1 N–H and O–H groups in total. The first-order chi connectivity index (χ1) is 8.03. The summed E-state index contributed by atoms with van der Waals surface area (Å²) < 4.78 is 10.4. The van der Waals surface area contributed by atoms with Gasteiger partial charge in [0.1, 0.15) is 0 Å². The molecule has 0 aliphatic heterocycles. The van der Waals surface area contributed by atoms with Crippen LogP contribution in [-0.4, -0.2) is 61.7 Å². The van der Waals surface area contributed by atoms with Gasteiger partial charge in [-0.1, -0.05) is 0 Å². The summed E-state index contributed by atoms with van der Waals surface area (Å²) in [6.45, 7) is 6.33. The number of hydrogen-bond donors (Lipinski definition) is 1. The minimum atomic E-state index is -0.574. The van der Waals surface area contributed by atoms with Crippen molar-refractivity contribution < 1.29 is 14.6 Å². The minimum Gasteiger partial charge on any atom is -0.389 e. The largest absolute Gasteiger partial charge is 0.389 e. The van der Waals surface area contributed by atoms with Gasteiger partial charge in [0.25, 0.3) is 0 Å². The molecule has 1 aliphatic rings. The van der Waals surface area contributed by atoms with E-state index in [1.165, 1.54) is 0 Å². The molecular weight excluding hydrogens is 218 g/mol. The van der Waals surface area contributed by atoms with Crippen LogP contribution in [-0.2, 0) is 9.47 Å². The van der Waals surface area contributed by atoms with E-state index in [-0.39, 0.29) is 6.04 Å². The molecule has 17 heavy (non-hydrogen) atoms. The molecule has 1 aliphatic carbocycles. The molecule has 1 rings (SSSR count). The first kappa shape index (κ1) is 14.9. The third-order valence-electron chi connectivity index (χ3n) is 3.81. The van der Waals surface area contributed by atoms with E-state index in [4.69, 9.17) is 9.47 Å². The summed E-state index contributed by atoms with van der Waals surface area (Å²) in [5.41, 5.74) is -0.574. The molecule has 0 saturated heterocycles. The second kappa shape index (κ2) is 6.69. The smallest absolute Gasteiger partial charge is 0.0774 e. The molecule has 1 saturated carbocycles. The zero-order valence-corrected chi connectivity index (χ0v) is 11.6. The van der Waals surface area contributed by atoms with E-state index >= 15 is 0 Å². The van der Waals surface area contributed by atoms with Crippen LogP contribution in [0.25, 0.3) is 0 Å². The SMILES string of the molecule is COCCN(C(C)COC)C1CCCC1(C)O. The molecule has 0 amide bonds. The highest BCUT2D eigenvalue weighted by atomic mass is 16.5. The van der Waals surface area contributed by atoms with E-state index in [9.17, 15) is 5.11 Å². The fraction of sp³-hybridized carbons (Fsp3) is 1.00. The van der Waals surface area contributed by atoms with Crippen LogP contribution in [0.3, 0.4) is 0 Å². The standard InChI is InChI=1S/C13H27NO3/c1-11(10-17-4)14(8-9-16-3)12-6-5-7-13(12,2)15/h11-12,15H,5-10H2,1-4H3. The Hall–Kier alpha value is -0.160. The zero-order valence-electron chi connectivity index (χ0n) is 11.6. The summed E-state index contributed by atoms with van der Waals surface area (Å²) in [7, 11) is 3.43. The Bertz CT molecular complexity index is 221. The molecule has 4 nitrogen and oxygen atoms in total. The lowest BCUT2D eigenvalue weighted by atomic mass is 9.97. The number of nitrogens with zero attached hydrogens (tertiary/aromatic N) is 1.